The quantitative estimate of drug-likeness (QED) is 0.373. The second-order valence-electron chi connectivity index (χ2n) is 6.42. The monoisotopic (exact) mass is 397 g/mol. The molecule has 6 nitrogen and oxygen atoms in total. The Morgan fingerprint density at radius 2 is 2.00 bits per heavy atom. The highest BCUT2D eigenvalue weighted by atomic mass is 35.5. The third-order valence-corrected chi connectivity index (χ3v) is 4.68. The number of aliphatic imine (C=N–C) groups is 1. The molecule has 0 bridgehead atoms. The van der Waals surface area contributed by atoms with Crippen molar-refractivity contribution < 1.29 is 14.2 Å². The zero-order chi connectivity index (χ0) is 19.3. The number of guanidine groups is 1. The molecule has 1 heterocycles. The molecular formula is C20H32ClN3O3. The Balaban J connectivity index is 1.74. The van der Waals surface area contributed by atoms with Crippen LogP contribution < -0.4 is 10.1 Å². The van der Waals surface area contributed by atoms with E-state index in [1.165, 1.54) is 0 Å². The molecule has 7 heteroatoms. The van der Waals surface area contributed by atoms with E-state index in [-0.39, 0.29) is 0 Å². The molecule has 0 aliphatic carbocycles. The Morgan fingerprint density at radius 3 is 2.70 bits per heavy atom. The normalized spacial score (nSPS) is 15.8. The lowest BCUT2D eigenvalue weighted by Gasteiger charge is -2.34. The van der Waals surface area contributed by atoms with Crippen molar-refractivity contribution >= 4 is 17.6 Å². The highest BCUT2D eigenvalue weighted by molar-refractivity contribution is 6.32. The second kappa shape index (κ2) is 12.8. The lowest BCUT2D eigenvalue weighted by atomic mass is 10.1. The van der Waals surface area contributed by atoms with E-state index in [2.05, 4.69) is 17.1 Å². The molecule has 0 unspecified atom stereocenters. The van der Waals surface area contributed by atoms with Gasteiger partial charge >= 0.3 is 0 Å². The van der Waals surface area contributed by atoms with Gasteiger partial charge in [-0.05, 0) is 38.3 Å². The van der Waals surface area contributed by atoms with Crippen LogP contribution in [0.4, 0.5) is 0 Å². The smallest absolute Gasteiger partial charge is 0.194 e. The van der Waals surface area contributed by atoms with Crippen LogP contribution in [0.1, 0.15) is 26.2 Å². The number of nitrogens with one attached hydrogen (secondary N) is 1. The van der Waals surface area contributed by atoms with E-state index in [0.29, 0.717) is 30.0 Å². The van der Waals surface area contributed by atoms with E-state index in [4.69, 9.17) is 30.8 Å². The lowest BCUT2D eigenvalue weighted by Crippen LogP contribution is -2.47. The molecular weight excluding hydrogens is 366 g/mol. The van der Waals surface area contributed by atoms with Crippen molar-refractivity contribution in [1.29, 1.82) is 0 Å². The maximum atomic E-state index is 6.10. The summed E-state index contributed by atoms with van der Waals surface area (Å²) in [5.41, 5.74) is 0. The Morgan fingerprint density at radius 1 is 1.22 bits per heavy atom. The van der Waals surface area contributed by atoms with Gasteiger partial charge < -0.3 is 24.4 Å². The van der Waals surface area contributed by atoms with Crippen molar-refractivity contribution in [3.05, 3.63) is 29.3 Å². The van der Waals surface area contributed by atoms with Crippen molar-refractivity contribution in [1.82, 2.24) is 10.2 Å². The van der Waals surface area contributed by atoms with Crippen LogP contribution in [-0.4, -0.2) is 70.1 Å². The minimum absolute atomic E-state index is 0.338. The van der Waals surface area contributed by atoms with Gasteiger partial charge in [0.2, 0.25) is 0 Å². The van der Waals surface area contributed by atoms with Gasteiger partial charge in [0.05, 0.1) is 17.7 Å². The maximum Gasteiger partial charge on any atom is 0.194 e. The van der Waals surface area contributed by atoms with Crippen LogP contribution in [0.2, 0.25) is 5.02 Å². The number of ether oxygens (including phenoxy) is 3. The molecule has 1 aromatic rings. The van der Waals surface area contributed by atoms with Gasteiger partial charge in [0.25, 0.3) is 0 Å². The molecule has 0 amide bonds. The number of halogens is 1. The molecule has 1 aromatic carbocycles. The van der Waals surface area contributed by atoms with Crippen LogP contribution in [0.25, 0.3) is 0 Å². The molecule has 27 heavy (non-hydrogen) atoms. The first kappa shape index (κ1) is 21.8. The van der Waals surface area contributed by atoms with Crippen LogP contribution >= 0.6 is 11.6 Å². The first-order valence-corrected chi connectivity index (χ1v) is 10.1. The van der Waals surface area contributed by atoms with Gasteiger partial charge in [-0.2, -0.15) is 0 Å². The van der Waals surface area contributed by atoms with Crippen molar-refractivity contribution in [2.45, 2.75) is 32.3 Å². The van der Waals surface area contributed by atoms with Crippen molar-refractivity contribution in [3.8, 4) is 5.75 Å². The number of nitrogens with zero attached hydrogens (tertiary/aromatic N) is 2. The molecule has 1 N–H and O–H groups in total. The van der Waals surface area contributed by atoms with Gasteiger partial charge in [0.1, 0.15) is 12.4 Å². The molecule has 0 aromatic heterocycles. The summed E-state index contributed by atoms with van der Waals surface area (Å²) in [7, 11) is 1.72. The fourth-order valence-corrected chi connectivity index (χ4v) is 3.17. The standard InChI is InChI=1S/C20H32ClN3O3/c1-3-22-20(23-11-16-27-19-8-5-4-7-18(19)21)24-12-9-17(10-13-24)26-15-6-14-25-2/h4-5,7-8,17H,3,6,9-16H2,1-2H3,(H,22,23). The number of hydrogen-bond acceptors (Lipinski definition) is 4. The van der Waals surface area contributed by atoms with Crippen LogP contribution in [0.15, 0.2) is 29.3 Å². The number of para-hydroxylation sites is 1. The molecule has 152 valence electrons. The molecule has 0 atom stereocenters. The summed E-state index contributed by atoms with van der Waals surface area (Å²) in [6.45, 7) is 7.44. The first-order chi connectivity index (χ1) is 13.2. The second-order valence-corrected chi connectivity index (χ2v) is 6.83. The fourth-order valence-electron chi connectivity index (χ4n) is 2.98. The summed E-state index contributed by atoms with van der Waals surface area (Å²) in [5.74, 6) is 1.64. The van der Waals surface area contributed by atoms with Crippen LogP contribution in [0.5, 0.6) is 5.75 Å². The fraction of sp³-hybridized carbons (Fsp3) is 0.650. The summed E-state index contributed by atoms with van der Waals surface area (Å²) >= 11 is 6.10. The van der Waals surface area contributed by atoms with Crippen molar-refractivity contribution in [2.75, 3.05) is 53.1 Å². The van der Waals surface area contributed by atoms with Crippen molar-refractivity contribution in [3.63, 3.8) is 0 Å². The molecule has 0 radical (unpaired) electrons. The molecule has 1 fully saturated rings. The van der Waals surface area contributed by atoms with Gasteiger partial charge in [0, 0.05) is 40.0 Å². The first-order valence-electron chi connectivity index (χ1n) is 9.75. The molecule has 2 rings (SSSR count). The van der Waals surface area contributed by atoms with E-state index in [9.17, 15) is 0 Å². The van der Waals surface area contributed by atoms with Gasteiger partial charge in [-0.1, -0.05) is 23.7 Å². The molecule has 1 saturated heterocycles. The Labute approximate surface area is 167 Å². The van der Waals surface area contributed by atoms with Crippen LogP contribution in [-0.2, 0) is 9.47 Å². The number of piperidine rings is 1. The third kappa shape index (κ3) is 7.95. The molecule has 1 aliphatic heterocycles. The van der Waals surface area contributed by atoms with Gasteiger partial charge in [-0.15, -0.1) is 0 Å². The largest absolute Gasteiger partial charge is 0.490 e. The van der Waals surface area contributed by atoms with Gasteiger partial charge in [0.15, 0.2) is 5.96 Å². The van der Waals surface area contributed by atoms with E-state index in [1.54, 1.807) is 7.11 Å². The summed E-state index contributed by atoms with van der Waals surface area (Å²) in [5, 5.41) is 4.00. The summed E-state index contributed by atoms with van der Waals surface area (Å²) in [6.07, 6.45) is 3.33. The topological polar surface area (TPSA) is 55.3 Å². The third-order valence-electron chi connectivity index (χ3n) is 4.37. The molecule has 0 saturated carbocycles. The Kier molecular flexibility index (Phi) is 10.3. The minimum atomic E-state index is 0.338. The average Bonchev–Trinajstić information content (AvgIpc) is 2.69. The van der Waals surface area contributed by atoms with E-state index in [1.807, 2.05) is 24.3 Å². The van der Waals surface area contributed by atoms with Crippen molar-refractivity contribution in [2.24, 2.45) is 4.99 Å². The zero-order valence-electron chi connectivity index (χ0n) is 16.5. The average molecular weight is 398 g/mol. The molecule has 1 aliphatic rings. The van der Waals surface area contributed by atoms with Crippen LogP contribution in [0.3, 0.4) is 0 Å². The number of rotatable bonds is 10. The van der Waals surface area contributed by atoms with Gasteiger partial charge in [-0.3, -0.25) is 0 Å². The predicted octanol–water partition coefficient (Wildman–Crippen LogP) is 3.20. The molecule has 0 spiro atoms. The number of benzene rings is 1. The number of likely N-dealkylation sites (tertiary alicyclic amines) is 1. The zero-order valence-corrected chi connectivity index (χ0v) is 17.2. The Bertz CT molecular complexity index is 563. The minimum Gasteiger partial charge on any atom is -0.490 e. The van der Waals surface area contributed by atoms with E-state index >= 15 is 0 Å². The summed E-state index contributed by atoms with van der Waals surface area (Å²) in [6, 6.07) is 7.50. The predicted molar refractivity (Wildman–Crippen MR) is 110 cm³/mol. The summed E-state index contributed by atoms with van der Waals surface area (Å²) in [4.78, 5) is 7.00. The van der Waals surface area contributed by atoms with E-state index < -0.39 is 0 Å². The van der Waals surface area contributed by atoms with E-state index in [0.717, 1.165) is 58.1 Å². The highest BCUT2D eigenvalue weighted by Gasteiger charge is 2.21. The summed E-state index contributed by atoms with van der Waals surface area (Å²) < 4.78 is 16.7. The maximum absolute atomic E-state index is 6.10. The lowest BCUT2D eigenvalue weighted by molar-refractivity contribution is 0.00990. The Hall–Kier alpha value is -1.50. The number of hydrogen-bond donors (Lipinski definition) is 1. The van der Waals surface area contributed by atoms with Gasteiger partial charge in [-0.25, -0.2) is 4.99 Å². The SMILES string of the molecule is CCNC(=NCCOc1ccccc1Cl)N1CCC(OCCCOC)CC1. The number of methoxy groups -OCH3 is 1. The highest BCUT2D eigenvalue weighted by Crippen LogP contribution is 2.22. The van der Waals surface area contributed by atoms with Crippen LogP contribution in [0, 0.1) is 0 Å².